The molecule has 64 heavy (non-hydrogen) atoms. The van der Waals surface area contributed by atoms with Crippen molar-refractivity contribution in [3.05, 3.63) is 206 Å². The van der Waals surface area contributed by atoms with Crippen LogP contribution in [0.2, 0.25) is 0 Å². The summed E-state index contributed by atoms with van der Waals surface area (Å²) in [7, 11) is 0. The molecular formula is C59H34N4O. The average Bonchev–Trinajstić information content (AvgIpc) is 3.89. The van der Waals surface area contributed by atoms with E-state index in [4.69, 9.17) is 19.4 Å². The van der Waals surface area contributed by atoms with E-state index < -0.39 is 0 Å². The molecule has 3 aromatic heterocycles. The van der Waals surface area contributed by atoms with Crippen LogP contribution in [0.25, 0.3) is 137 Å². The first-order chi connectivity index (χ1) is 31.7. The van der Waals surface area contributed by atoms with Gasteiger partial charge in [-0.15, -0.1) is 0 Å². The fraction of sp³-hybridized carbons (Fsp3) is 0. The van der Waals surface area contributed by atoms with Crippen LogP contribution in [-0.4, -0.2) is 19.5 Å². The van der Waals surface area contributed by atoms with Crippen molar-refractivity contribution in [1.82, 2.24) is 19.5 Å². The van der Waals surface area contributed by atoms with E-state index >= 15 is 0 Å². The maximum atomic E-state index is 7.19. The Bertz CT molecular complexity index is 4170. The van der Waals surface area contributed by atoms with Crippen molar-refractivity contribution in [1.29, 1.82) is 0 Å². The molecule has 0 unspecified atom stereocenters. The second kappa shape index (κ2) is 13.4. The molecule has 0 amide bonds. The van der Waals surface area contributed by atoms with Gasteiger partial charge in [0.25, 0.3) is 0 Å². The van der Waals surface area contributed by atoms with Gasteiger partial charge in [-0.1, -0.05) is 164 Å². The van der Waals surface area contributed by atoms with Crippen molar-refractivity contribution in [2.24, 2.45) is 0 Å². The third-order valence-corrected chi connectivity index (χ3v) is 13.1. The van der Waals surface area contributed by atoms with E-state index in [2.05, 4.69) is 193 Å². The van der Waals surface area contributed by atoms with Crippen molar-refractivity contribution < 1.29 is 4.42 Å². The van der Waals surface area contributed by atoms with Crippen LogP contribution in [0, 0.1) is 0 Å². The second-order valence-electron chi connectivity index (χ2n) is 16.7. The highest BCUT2D eigenvalue weighted by Gasteiger charge is 2.23. The lowest BCUT2D eigenvalue weighted by Crippen LogP contribution is -2.01. The third-order valence-electron chi connectivity index (χ3n) is 13.1. The molecule has 0 atom stereocenters. The van der Waals surface area contributed by atoms with E-state index in [1.54, 1.807) is 0 Å². The van der Waals surface area contributed by atoms with Crippen LogP contribution in [0.15, 0.2) is 211 Å². The SMILES string of the molecule is c1ccc(-c2nc(-c3cc4ccccc4c4ccccc34)nc(-c3cc4c5cccc(-n6c7cc8ccccc8cc7c7cc8ccccc8cc76)c5oc4c4ccccc34)n2)cc1. The predicted octanol–water partition coefficient (Wildman–Crippen LogP) is 15.6. The molecule has 5 nitrogen and oxygen atoms in total. The summed E-state index contributed by atoms with van der Waals surface area (Å²) < 4.78 is 9.58. The summed E-state index contributed by atoms with van der Waals surface area (Å²) in [5.74, 6) is 1.85. The minimum absolute atomic E-state index is 0.603. The summed E-state index contributed by atoms with van der Waals surface area (Å²) >= 11 is 0. The fourth-order valence-electron chi connectivity index (χ4n) is 10.2. The largest absolute Gasteiger partial charge is 0.453 e. The summed E-state index contributed by atoms with van der Waals surface area (Å²) in [5, 5.41) is 15.9. The highest BCUT2D eigenvalue weighted by atomic mass is 16.3. The van der Waals surface area contributed by atoms with Gasteiger partial charge in [-0.2, -0.15) is 0 Å². The number of hydrogen-bond acceptors (Lipinski definition) is 4. The molecule has 14 aromatic rings. The topological polar surface area (TPSA) is 56.7 Å². The Kier molecular flexibility index (Phi) is 7.33. The highest BCUT2D eigenvalue weighted by Crippen LogP contribution is 2.44. The summed E-state index contributed by atoms with van der Waals surface area (Å²) in [6, 6.07) is 73.3. The van der Waals surface area contributed by atoms with E-state index in [1.807, 2.05) is 18.2 Å². The van der Waals surface area contributed by atoms with Gasteiger partial charge >= 0.3 is 0 Å². The maximum absolute atomic E-state index is 7.19. The second-order valence-corrected chi connectivity index (χ2v) is 16.7. The minimum Gasteiger partial charge on any atom is -0.453 e. The Morgan fingerprint density at radius 1 is 0.297 bits per heavy atom. The van der Waals surface area contributed by atoms with Gasteiger partial charge in [0.15, 0.2) is 23.1 Å². The zero-order chi connectivity index (χ0) is 41.9. The van der Waals surface area contributed by atoms with Crippen LogP contribution in [0.4, 0.5) is 0 Å². The lowest BCUT2D eigenvalue weighted by Gasteiger charge is -2.13. The van der Waals surface area contributed by atoms with E-state index in [0.717, 1.165) is 82.3 Å². The van der Waals surface area contributed by atoms with Crippen molar-refractivity contribution in [2.45, 2.75) is 0 Å². The van der Waals surface area contributed by atoms with Gasteiger partial charge < -0.3 is 8.98 Å². The molecule has 0 spiro atoms. The molecule has 11 aromatic carbocycles. The van der Waals surface area contributed by atoms with Gasteiger partial charge in [-0.25, -0.2) is 15.0 Å². The Hall–Kier alpha value is -8.67. The number of furan rings is 1. The van der Waals surface area contributed by atoms with Crippen LogP contribution in [0.1, 0.15) is 0 Å². The molecule has 0 aliphatic rings. The number of aromatic nitrogens is 4. The molecule has 0 saturated carbocycles. The average molecular weight is 815 g/mol. The van der Waals surface area contributed by atoms with Crippen molar-refractivity contribution in [3.8, 4) is 39.9 Å². The number of nitrogens with zero attached hydrogens (tertiary/aromatic N) is 4. The highest BCUT2D eigenvalue weighted by molar-refractivity contribution is 6.22. The third kappa shape index (κ3) is 5.15. The Morgan fingerprint density at radius 3 is 1.42 bits per heavy atom. The number of fused-ring (bicyclic) bond motifs is 13. The number of para-hydroxylation sites is 1. The van der Waals surface area contributed by atoms with Gasteiger partial charge in [-0.3, -0.25) is 0 Å². The first-order valence-electron chi connectivity index (χ1n) is 21.7. The van der Waals surface area contributed by atoms with Gasteiger partial charge in [0.2, 0.25) is 0 Å². The van der Waals surface area contributed by atoms with Gasteiger partial charge in [0.05, 0.1) is 16.7 Å². The van der Waals surface area contributed by atoms with E-state index in [1.165, 1.54) is 37.7 Å². The van der Waals surface area contributed by atoms with Crippen LogP contribution >= 0.6 is 0 Å². The van der Waals surface area contributed by atoms with Crippen LogP contribution in [0.5, 0.6) is 0 Å². The molecule has 0 aliphatic carbocycles. The molecule has 14 rings (SSSR count). The Morgan fingerprint density at radius 2 is 0.766 bits per heavy atom. The molecule has 0 fully saturated rings. The van der Waals surface area contributed by atoms with Crippen LogP contribution in [-0.2, 0) is 0 Å². The lowest BCUT2D eigenvalue weighted by atomic mass is 9.96. The smallest absolute Gasteiger partial charge is 0.164 e. The zero-order valence-electron chi connectivity index (χ0n) is 34.3. The van der Waals surface area contributed by atoms with Crippen molar-refractivity contribution in [3.63, 3.8) is 0 Å². The van der Waals surface area contributed by atoms with Crippen molar-refractivity contribution >= 4 is 97.6 Å². The molecule has 3 heterocycles. The molecule has 0 aliphatic heterocycles. The molecular weight excluding hydrogens is 781 g/mol. The minimum atomic E-state index is 0.603. The number of hydrogen-bond donors (Lipinski definition) is 0. The van der Waals surface area contributed by atoms with Gasteiger partial charge in [-0.05, 0) is 90.9 Å². The number of rotatable bonds is 4. The van der Waals surface area contributed by atoms with Gasteiger partial charge in [0, 0.05) is 43.6 Å². The van der Waals surface area contributed by atoms with Gasteiger partial charge in [0.1, 0.15) is 5.58 Å². The zero-order valence-corrected chi connectivity index (χ0v) is 34.3. The summed E-state index contributed by atoms with van der Waals surface area (Å²) in [6.45, 7) is 0. The quantitative estimate of drug-likeness (QED) is 0.166. The summed E-state index contributed by atoms with van der Waals surface area (Å²) in [5.41, 5.74) is 7.71. The van der Waals surface area contributed by atoms with E-state index in [-0.39, 0.29) is 0 Å². The molecule has 296 valence electrons. The first-order valence-corrected chi connectivity index (χ1v) is 21.7. The first kappa shape index (κ1) is 35.0. The molecule has 5 heteroatoms. The van der Waals surface area contributed by atoms with Crippen LogP contribution < -0.4 is 0 Å². The normalized spacial score (nSPS) is 12.1. The maximum Gasteiger partial charge on any atom is 0.164 e. The van der Waals surface area contributed by atoms with Crippen LogP contribution in [0.3, 0.4) is 0 Å². The van der Waals surface area contributed by atoms with E-state index in [0.29, 0.717) is 17.5 Å². The predicted molar refractivity (Wildman–Crippen MR) is 265 cm³/mol. The monoisotopic (exact) mass is 814 g/mol. The number of benzene rings is 11. The molecule has 0 bridgehead atoms. The summed E-state index contributed by atoms with van der Waals surface area (Å²) in [4.78, 5) is 15.9. The Balaban J connectivity index is 1.05. The van der Waals surface area contributed by atoms with Crippen molar-refractivity contribution in [2.75, 3.05) is 0 Å². The molecule has 0 radical (unpaired) electrons. The Labute approximate surface area is 366 Å². The summed E-state index contributed by atoms with van der Waals surface area (Å²) in [6.07, 6.45) is 0. The molecule has 0 saturated heterocycles. The van der Waals surface area contributed by atoms with E-state index in [9.17, 15) is 0 Å². The standard InChI is InChI=1S/C59H34N4O/c1-2-15-35(16-3-1)57-60-58(50-31-40-21-8-9-22-41(40)42-23-10-11-24-43(42)50)62-59(61-57)51-34-49-46-27-14-28-52(56(46)64-55(49)45-26-13-12-25-44(45)51)63-53-32-38-19-6-4-17-36(38)29-47(53)48-30-37-18-5-7-20-39(37)33-54(48)63/h1-34H. The molecule has 0 N–H and O–H groups in total. The fourth-order valence-corrected chi connectivity index (χ4v) is 10.2. The lowest BCUT2D eigenvalue weighted by molar-refractivity contribution is 0.670.